The van der Waals surface area contributed by atoms with E-state index in [-0.39, 0.29) is 35.3 Å². The molecule has 99 heavy (non-hydrogen) atoms. The zero-order valence-corrected chi connectivity index (χ0v) is 54.8. The topological polar surface area (TPSA) is 302 Å². The van der Waals surface area contributed by atoms with Gasteiger partial charge in [0.2, 0.25) is 0 Å². The standard InChI is InChI=1S/2C21H17F4N2O5S.C21H17F4N2O4S.Ga/c2*22-13-12(11(8-3-1-5-26-8)9-4-2-6-27-9)14(23)16(25)20(15(13)24)33-21-19(31)18(30)17(29)10(7-28)32-21;22-16-15(14(9-3-1-5-26-9)10-4-2-6-27-10)17(23)19(25)20(18(16)24)32-21-12(30)7-11(29)13(8-28)31-21;/h2*1-6,10,17-19,21,28-31H,7H2;1-6,11-13,21,28-30H,7-8H2;/q3*-1;+3/t2*10?,17-,18+,19?,21+;11-,12?,13?,21-;/m110./s1. The van der Waals surface area contributed by atoms with Crippen molar-refractivity contribution in [2.24, 2.45) is 15.0 Å². The van der Waals surface area contributed by atoms with Crippen molar-refractivity contribution >= 4 is 87.6 Å². The van der Waals surface area contributed by atoms with Crippen LogP contribution < -0.4 is 0 Å². The van der Waals surface area contributed by atoms with Crippen molar-refractivity contribution in [3.63, 3.8) is 0 Å². The summed E-state index contributed by atoms with van der Waals surface area (Å²) >= 11 is -5.71. The van der Waals surface area contributed by atoms with E-state index in [0.717, 1.165) is 55.1 Å². The predicted octanol–water partition coefficient (Wildman–Crippen LogP) is 5.60. The summed E-state index contributed by atoms with van der Waals surface area (Å²) in [6.07, 6.45) is -6.87. The number of aliphatic hydroxyl groups is 11. The second-order valence-electron chi connectivity index (χ2n) is 22.7. The average Bonchev–Trinajstić information content (AvgIpc) is 1.68. The molecular formula is C63H51F12GaN6O14S3. The monoisotopic (exact) mass is 1510 g/mol. The van der Waals surface area contributed by atoms with Crippen LogP contribution in [0.5, 0.6) is 0 Å². The molecule has 6 aromatic rings. The second kappa shape index (κ2) is 29.3. The molecule has 3 aromatic heterocycles. The summed E-state index contributed by atoms with van der Waals surface area (Å²) in [5.41, 5.74) is -15.2. The van der Waals surface area contributed by atoms with Crippen molar-refractivity contribution in [2.75, 3.05) is 19.8 Å². The fourth-order valence-corrected chi connectivity index (χ4v) is 21.5. The number of thioether (sulfide) groups is 3. The van der Waals surface area contributed by atoms with Crippen LogP contribution in [0.15, 0.2) is 138 Å². The van der Waals surface area contributed by atoms with Crippen LogP contribution in [0, 0.1) is 69.8 Å². The van der Waals surface area contributed by atoms with Gasteiger partial charge in [0, 0.05) is 0 Å². The first-order valence-electron chi connectivity index (χ1n) is 29.5. The quantitative estimate of drug-likeness (QED) is 0.0284. The Morgan fingerprint density at radius 3 is 0.970 bits per heavy atom. The Morgan fingerprint density at radius 2 is 0.687 bits per heavy atom. The number of hydrogen-bond donors (Lipinski definition) is 11. The molecule has 522 valence electrons. The van der Waals surface area contributed by atoms with Gasteiger partial charge in [-0.15, -0.1) is 0 Å². The molecule has 0 aliphatic carbocycles. The van der Waals surface area contributed by atoms with E-state index in [9.17, 15) is 56.2 Å². The van der Waals surface area contributed by atoms with E-state index >= 15 is 52.7 Å². The first-order valence-corrected chi connectivity index (χ1v) is 35.4. The minimum absolute atomic E-state index is 0.0285. The Balaban J connectivity index is 1.08. The fraction of sp³-hybridized carbons (Fsp3) is 0.286. The van der Waals surface area contributed by atoms with Crippen LogP contribution in [-0.4, -0.2) is 205 Å². The van der Waals surface area contributed by atoms with Gasteiger partial charge in [-0.1, -0.05) is 0 Å². The van der Waals surface area contributed by atoms with Gasteiger partial charge < -0.3 is 30.6 Å². The van der Waals surface area contributed by atoms with Crippen molar-refractivity contribution in [1.82, 2.24) is 9.82 Å². The van der Waals surface area contributed by atoms with Crippen LogP contribution in [0.4, 0.5) is 52.7 Å². The summed E-state index contributed by atoms with van der Waals surface area (Å²) in [6.45, 7) is -2.87. The summed E-state index contributed by atoms with van der Waals surface area (Å²) < 4.78 is 226. The molecule has 9 heterocycles. The Bertz CT molecular complexity index is 4170. The molecule has 0 bridgehead atoms. The van der Waals surface area contributed by atoms with Crippen LogP contribution in [-0.2, 0) is 14.2 Å². The smallest absolute Gasteiger partial charge is 0.388 e. The minimum Gasteiger partial charge on any atom is -0.388 e. The van der Waals surface area contributed by atoms with Crippen molar-refractivity contribution in [1.29, 1.82) is 0 Å². The van der Waals surface area contributed by atoms with Gasteiger partial charge in [-0.2, -0.15) is 0 Å². The molecule has 36 heteroatoms. The van der Waals surface area contributed by atoms with Crippen molar-refractivity contribution in [3.05, 3.63) is 212 Å². The van der Waals surface area contributed by atoms with Crippen LogP contribution >= 0.6 is 35.3 Å². The van der Waals surface area contributed by atoms with Gasteiger partial charge in [-0.05, 0) is 0 Å². The maximum atomic E-state index is 17.5. The zero-order valence-electron chi connectivity index (χ0n) is 50.0. The minimum atomic E-state index is -5.33. The fourth-order valence-electron chi connectivity index (χ4n) is 11.9. The Hall–Kier alpha value is -6.76. The number of aromatic nitrogens is 3. The maximum absolute atomic E-state index is 17.5. The third kappa shape index (κ3) is 12.8. The van der Waals surface area contributed by atoms with E-state index in [2.05, 4.69) is 15.0 Å². The molecule has 0 radical (unpaired) electrons. The van der Waals surface area contributed by atoms with E-state index in [4.69, 9.17) is 14.2 Å². The first-order chi connectivity index (χ1) is 47.3. The van der Waals surface area contributed by atoms with Gasteiger partial charge in [0.05, 0.1) is 0 Å². The van der Waals surface area contributed by atoms with E-state index in [1.165, 1.54) is 64.8 Å². The molecular weight excluding hydrogens is 1460 g/mol. The van der Waals surface area contributed by atoms with Crippen LogP contribution in [0.1, 0.15) is 40.2 Å². The predicted molar refractivity (Wildman–Crippen MR) is 333 cm³/mol. The molecule has 0 saturated carbocycles. The molecule has 11 N–H and O–H groups in total. The van der Waals surface area contributed by atoms with Crippen molar-refractivity contribution in [3.8, 4) is 0 Å². The van der Waals surface area contributed by atoms with Crippen molar-refractivity contribution < 1.29 is 123 Å². The van der Waals surface area contributed by atoms with Crippen LogP contribution in [0.25, 0.3) is 16.7 Å². The number of aliphatic imine (C=N–C) groups is 3. The number of hydrogen-bond acceptors (Lipinski definition) is 20. The molecule has 20 nitrogen and oxygen atoms in total. The van der Waals surface area contributed by atoms with Gasteiger partial charge in [-0.3, -0.25) is 0 Å². The third-order valence-corrected chi connectivity index (χ3v) is 26.5. The molecule has 12 rings (SSSR count). The Kier molecular flexibility index (Phi) is 21.3. The van der Waals surface area contributed by atoms with Gasteiger partial charge in [0.15, 0.2) is 0 Å². The number of aliphatic hydroxyl groups excluding tert-OH is 11. The van der Waals surface area contributed by atoms with Gasteiger partial charge in [0.1, 0.15) is 0 Å². The molecule has 3 fully saturated rings. The average molecular weight is 1510 g/mol. The summed E-state index contributed by atoms with van der Waals surface area (Å²) in [6, 6.07) is 7.08. The normalized spacial score (nSPS) is 28.2. The SMILES string of the molecule is OCC1O[C@@H](Sc2c(F)c(F)c(C(=C3C=CC=N3)c3ccc[n]3[Ga]([n]3cccc3C(=C3C=CC=N3)c3c(F)c(F)c(S[C@@H]4OC(CO)[C@@H](O)CC4O)c(F)c3F)[n]3cccc3C(=C3C=CC=N3)c3c(F)c(F)c(S[C@@H]4OC(CO)[C@@H](O)[C@H](O)C4O)c(F)c3F)c(F)c2F)C(O)[C@@H](O)[C@@H]1O. The molecule has 6 aliphatic heterocycles. The number of allylic oxidation sites excluding steroid dienone is 6. The molecule has 6 aliphatic rings. The van der Waals surface area contributed by atoms with Crippen molar-refractivity contribution in [2.45, 2.75) is 105 Å². The van der Waals surface area contributed by atoms with E-state index in [1.807, 2.05) is 0 Å². The second-order valence-corrected chi connectivity index (χ2v) is 30.9. The molecule has 3 aromatic carbocycles. The zero-order chi connectivity index (χ0) is 70.9. The number of rotatable bonds is 18. The summed E-state index contributed by atoms with van der Waals surface area (Å²) in [7, 11) is 0. The Morgan fingerprint density at radius 1 is 0.394 bits per heavy atom. The van der Waals surface area contributed by atoms with Crippen LogP contribution in [0.2, 0.25) is 0 Å². The number of ether oxygens (including phenoxy) is 3. The summed E-state index contributed by atoms with van der Waals surface area (Å²) in [5.74, 6) is -25.5. The van der Waals surface area contributed by atoms with E-state index in [0.29, 0.717) is 0 Å². The molecule has 6 unspecified atom stereocenters. The number of benzene rings is 3. The first kappa shape index (κ1) is 72.0. The van der Waals surface area contributed by atoms with E-state index in [1.54, 1.807) is 0 Å². The van der Waals surface area contributed by atoms with E-state index < -0.39 is 279 Å². The number of halogens is 12. The molecule has 0 spiro atoms. The third-order valence-electron chi connectivity index (χ3n) is 16.8. The van der Waals surface area contributed by atoms with Gasteiger partial charge >= 0.3 is 541 Å². The Labute approximate surface area is 569 Å². The van der Waals surface area contributed by atoms with Gasteiger partial charge in [0.25, 0.3) is 0 Å². The summed E-state index contributed by atoms with van der Waals surface area (Å²) in [4.78, 5) is 8.31. The van der Waals surface area contributed by atoms with Crippen LogP contribution in [0.3, 0.4) is 0 Å². The van der Waals surface area contributed by atoms with Gasteiger partial charge in [-0.25, -0.2) is 0 Å². The molecule has 14 atom stereocenters. The molecule has 0 amide bonds. The summed E-state index contributed by atoms with van der Waals surface area (Å²) in [5, 5.41) is 114. The molecule has 3 saturated heterocycles. The number of nitrogens with zero attached hydrogens (tertiary/aromatic N) is 6.